The summed E-state index contributed by atoms with van der Waals surface area (Å²) in [4.78, 5) is 39.9. The number of aliphatic hydroxyl groups excluding tert-OH is 1. The molecule has 78 heavy (non-hydrogen) atoms. The molecule has 4 heterocycles. The van der Waals surface area contributed by atoms with Crippen LogP contribution in [0.1, 0.15) is 273 Å². The van der Waals surface area contributed by atoms with Crippen molar-refractivity contribution in [2.45, 2.75) is 273 Å². The molecule has 458 valence electrons. The number of hydrogen-bond donors (Lipinski definition) is 1. The second-order valence-corrected chi connectivity index (χ2v) is 30.2. The zero-order valence-corrected chi connectivity index (χ0v) is 55.4. The van der Waals surface area contributed by atoms with Gasteiger partial charge in [0, 0.05) is 70.0 Å². The standard InChI is InChI=1S/C10H19NO.2C9H17NO.C9H15N.2C8H16O.2C8H16/c1-8(2)9(3)10(12)11-6-4-5-7-11;2*1-8(2)5-7-10-6-3-4-9(10)11;1-8(2)9(7-10)5-3-4-6-9;1-7(2)4-8(3)5-9-6-8;1-7(2)5-8(6-9)3-4-8;1-6(2)4-8-5-7(8)3;1-7(2)6-8(3)4-5-8/h8-9H,4-7H2,1-3H3;2*8H,3-7H2,1-2H3;8H,3-6H2,1-2H3;7H,4-6H2,1-3H3;7,9H,3-6H2,1-2H3;6-8H,4-5H2,1-3H3;7H,4-6H2,1-3H3. The van der Waals surface area contributed by atoms with Gasteiger partial charge < -0.3 is 24.5 Å². The largest absolute Gasteiger partial charge is 0.396 e. The molecule has 3 unspecified atom stereocenters. The average Bonchev–Trinajstić information content (AvgIpc) is 4.12. The lowest BCUT2D eigenvalue weighted by molar-refractivity contribution is -0.135. The van der Waals surface area contributed by atoms with E-state index in [0.29, 0.717) is 58.8 Å². The lowest BCUT2D eigenvalue weighted by Crippen LogP contribution is -2.40. The summed E-state index contributed by atoms with van der Waals surface area (Å²) >= 11 is 0. The first-order chi connectivity index (χ1) is 36.4. The van der Waals surface area contributed by atoms with Crippen molar-refractivity contribution in [2.24, 2.45) is 86.8 Å². The van der Waals surface area contributed by atoms with Crippen LogP contribution in [0.3, 0.4) is 0 Å². The lowest BCUT2D eigenvalue weighted by Gasteiger charge is -2.39. The Bertz CT molecular complexity index is 1610. The van der Waals surface area contributed by atoms with Crippen LogP contribution in [0.5, 0.6) is 0 Å². The Morgan fingerprint density at radius 3 is 1.24 bits per heavy atom. The fourth-order valence-electron chi connectivity index (χ4n) is 11.8. The molecule has 3 atom stereocenters. The third kappa shape index (κ3) is 31.9. The Balaban J connectivity index is 0.000000447. The number of carbonyl (C=O) groups is 3. The quantitative estimate of drug-likeness (QED) is 0.146. The van der Waals surface area contributed by atoms with Crippen LogP contribution < -0.4 is 0 Å². The van der Waals surface area contributed by atoms with Crippen molar-refractivity contribution >= 4 is 17.7 Å². The molecule has 4 aliphatic heterocycles. The van der Waals surface area contributed by atoms with E-state index < -0.39 is 0 Å². The summed E-state index contributed by atoms with van der Waals surface area (Å²) in [5.74, 6) is 9.23. The molecule has 1 N–H and O–H groups in total. The number of ether oxygens (including phenoxy) is 1. The number of likely N-dealkylation sites (tertiary alicyclic amines) is 3. The SMILES string of the molecule is CC(C)C(C)C(=O)N1CCCC1.CC(C)C1(C#N)CCCC1.CC(C)CC1(C)CC1.CC(C)CC1(C)COC1.CC(C)CC1(CO)CC1.CC(C)CC1CC1C.CC(C)CCN1CCCC1=O.CC(C)CCN1CCCC1=O. The van der Waals surface area contributed by atoms with Crippen molar-refractivity contribution in [3.63, 3.8) is 0 Å². The maximum Gasteiger partial charge on any atom is 0.225 e. The molecule has 0 radical (unpaired) electrons. The smallest absolute Gasteiger partial charge is 0.225 e. The summed E-state index contributed by atoms with van der Waals surface area (Å²) in [6.45, 7) is 52.9. The normalized spacial score (nSPS) is 22.8. The molecule has 0 aromatic heterocycles. The number of nitrogens with zero attached hydrogens (tertiary/aromatic N) is 4. The molecule has 8 rings (SSSR count). The van der Waals surface area contributed by atoms with Crippen LogP contribution in [0.4, 0.5) is 0 Å². The van der Waals surface area contributed by atoms with Crippen LogP contribution in [-0.4, -0.2) is 96.6 Å². The van der Waals surface area contributed by atoms with E-state index in [9.17, 15) is 14.4 Å². The van der Waals surface area contributed by atoms with E-state index in [1.165, 1.54) is 83.5 Å². The summed E-state index contributed by atoms with van der Waals surface area (Å²) < 4.78 is 5.14. The van der Waals surface area contributed by atoms with Gasteiger partial charge >= 0.3 is 0 Å². The third-order valence-electron chi connectivity index (χ3n) is 17.9. The highest BCUT2D eigenvalue weighted by Crippen LogP contribution is 2.50. The van der Waals surface area contributed by atoms with Crippen LogP contribution in [-0.2, 0) is 19.1 Å². The monoisotopic (exact) mass is 1100 g/mol. The highest BCUT2D eigenvalue weighted by atomic mass is 16.5. The highest BCUT2D eigenvalue weighted by molar-refractivity contribution is 5.79. The minimum atomic E-state index is 0.0417. The number of carbonyl (C=O) groups excluding carboxylic acids is 3. The van der Waals surface area contributed by atoms with Gasteiger partial charge in [-0.05, 0) is 179 Å². The Kier molecular flexibility index (Phi) is 35.1. The van der Waals surface area contributed by atoms with E-state index in [1.54, 1.807) is 0 Å². The fourth-order valence-corrected chi connectivity index (χ4v) is 11.8. The lowest BCUT2D eigenvalue weighted by atomic mass is 9.77. The zero-order valence-electron chi connectivity index (χ0n) is 55.4. The maximum atomic E-state index is 11.7. The number of amides is 3. The van der Waals surface area contributed by atoms with Crippen molar-refractivity contribution in [2.75, 3.05) is 59.1 Å². The highest BCUT2D eigenvalue weighted by Gasteiger charge is 2.42. The van der Waals surface area contributed by atoms with Crippen molar-refractivity contribution in [3.05, 3.63) is 0 Å². The molecule has 4 saturated carbocycles. The van der Waals surface area contributed by atoms with Gasteiger partial charge in [-0.15, -0.1) is 0 Å². The molecular formula is C69H132N4O5. The van der Waals surface area contributed by atoms with Gasteiger partial charge in [0.2, 0.25) is 17.7 Å². The molecule has 0 aromatic rings. The fraction of sp³-hybridized carbons (Fsp3) is 0.942. The van der Waals surface area contributed by atoms with Crippen molar-refractivity contribution in [3.8, 4) is 6.07 Å². The van der Waals surface area contributed by atoms with Crippen LogP contribution in [0.25, 0.3) is 0 Å². The van der Waals surface area contributed by atoms with Gasteiger partial charge in [0.15, 0.2) is 0 Å². The summed E-state index contributed by atoms with van der Waals surface area (Å²) in [7, 11) is 0. The topological polar surface area (TPSA) is 114 Å². The van der Waals surface area contributed by atoms with E-state index in [0.717, 1.165) is 145 Å². The number of rotatable bonds is 18. The van der Waals surface area contributed by atoms with Crippen molar-refractivity contribution in [1.82, 2.24) is 14.7 Å². The average molecular weight is 1100 g/mol. The molecular weight excluding hydrogens is 965 g/mol. The summed E-state index contributed by atoms with van der Waals surface area (Å²) in [5.41, 5.74) is 1.70. The summed E-state index contributed by atoms with van der Waals surface area (Å²) in [6, 6.07) is 2.48. The molecule has 9 nitrogen and oxygen atoms in total. The van der Waals surface area contributed by atoms with Crippen LogP contribution in [0, 0.1) is 98.1 Å². The molecule has 8 aliphatic rings. The minimum absolute atomic E-state index is 0.0417. The molecule has 8 fully saturated rings. The van der Waals surface area contributed by atoms with Gasteiger partial charge in [-0.2, -0.15) is 5.26 Å². The molecule has 4 saturated heterocycles. The zero-order chi connectivity index (χ0) is 59.4. The van der Waals surface area contributed by atoms with Gasteiger partial charge in [-0.3, -0.25) is 14.4 Å². The minimum Gasteiger partial charge on any atom is -0.396 e. The van der Waals surface area contributed by atoms with Gasteiger partial charge in [-0.25, -0.2) is 0 Å². The van der Waals surface area contributed by atoms with E-state index in [2.05, 4.69) is 138 Å². The summed E-state index contributed by atoms with van der Waals surface area (Å²) in [5, 5.41) is 17.8. The van der Waals surface area contributed by atoms with E-state index in [4.69, 9.17) is 15.1 Å². The third-order valence-corrected chi connectivity index (χ3v) is 17.9. The first kappa shape index (κ1) is 73.8. The Hall–Kier alpha value is -2.18. The van der Waals surface area contributed by atoms with Crippen molar-refractivity contribution < 1.29 is 24.2 Å². The molecule has 0 aromatic carbocycles. The number of hydrogen-bond acceptors (Lipinski definition) is 6. The number of aliphatic hydroxyl groups is 1. The van der Waals surface area contributed by atoms with Crippen molar-refractivity contribution in [1.29, 1.82) is 5.26 Å². The van der Waals surface area contributed by atoms with E-state index in [-0.39, 0.29) is 11.3 Å². The van der Waals surface area contributed by atoms with Gasteiger partial charge in [0.25, 0.3) is 0 Å². The molecule has 0 spiro atoms. The second-order valence-electron chi connectivity index (χ2n) is 30.2. The van der Waals surface area contributed by atoms with Crippen LogP contribution in [0.15, 0.2) is 0 Å². The van der Waals surface area contributed by atoms with E-state index >= 15 is 0 Å². The predicted octanol–water partition coefficient (Wildman–Crippen LogP) is 17.3. The second kappa shape index (κ2) is 37.1. The van der Waals surface area contributed by atoms with Gasteiger partial charge in [-0.1, -0.05) is 151 Å². The number of nitriles is 1. The first-order valence-electron chi connectivity index (χ1n) is 32.8. The molecule has 9 heteroatoms. The molecule has 4 aliphatic carbocycles. The van der Waals surface area contributed by atoms with Crippen LogP contribution in [0.2, 0.25) is 0 Å². The Morgan fingerprint density at radius 2 is 1.04 bits per heavy atom. The Morgan fingerprint density at radius 1 is 0.603 bits per heavy atom. The first-order valence-corrected chi connectivity index (χ1v) is 32.8. The van der Waals surface area contributed by atoms with Gasteiger partial charge in [0.1, 0.15) is 0 Å². The van der Waals surface area contributed by atoms with Gasteiger partial charge in [0.05, 0.1) is 24.7 Å². The van der Waals surface area contributed by atoms with Crippen LogP contribution >= 0.6 is 0 Å². The maximum absolute atomic E-state index is 11.7. The summed E-state index contributed by atoms with van der Waals surface area (Å²) in [6.07, 6.45) is 25.5. The Labute approximate surface area is 485 Å². The predicted molar refractivity (Wildman–Crippen MR) is 332 cm³/mol. The molecule has 0 bridgehead atoms. The molecule has 3 amide bonds. The van der Waals surface area contributed by atoms with E-state index in [1.807, 2.05) is 21.6 Å².